The highest BCUT2D eigenvalue weighted by molar-refractivity contribution is 7.17. The number of nitrogens with one attached hydrogen (secondary N) is 1. The van der Waals surface area contributed by atoms with Crippen LogP contribution in [0.4, 0.5) is 5.00 Å². The molecule has 0 saturated heterocycles. The van der Waals surface area contributed by atoms with Gasteiger partial charge in [-0.25, -0.2) is 4.79 Å². The zero-order chi connectivity index (χ0) is 16.4. The van der Waals surface area contributed by atoms with E-state index >= 15 is 0 Å². The molecule has 0 aliphatic heterocycles. The van der Waals surface area contributed by atoms with E-state index < -0.39 is 11.9 Å². The number of carboxylic acid groups (broad SMARTS) is 1. The number of amides is 1. The lowest BCUT2D eigenvalue weighted by atomic mass is 10.0. The second-order valence-electron chi connectivity index (χ2n) is 4.84. The Labute approximate surface area is 136 Å². The SMILES string of the molecule is Cc1sc(NC(=O)c2ccco2)c(C(=O)O)c1-c1ccccc1. The monoisotopic (exact) mass is 327 g/mol. The highest BCUT2D eigenvalue weighted by Gasteiger charge is 2.24. The number of aryl methyl sites for hydroxylation is 1. The summed E-state index contributed by atoms with van der Waals surface area (Å²) < 4.78 is 5.03. The van der Waals surface area contributed by atoms with Crippen LogP contribution in [0.2, 0.25) is 0 Å². The number of rotatable bonds is 4. The van der Waals surface area contributed by atoms with E-state index in [1.54, 1.807) is 6.07 Å². The zero-order valence-corrected chi connectivity index (χ0v) is 13.0. The van der Waals surface area contributed by atoms with Crippen molar-refractivity contribution in [1.82, 2.24) is 0 Å². The Morgan fingerprint density at radius 3 is 2.48 bits per heavy atom. The van der Waals surface area contributed by atoms with E-state index in [1.807, 2.05) is 37.3 Å². The molecule has 0 aliphatic rings. The fourth-order valence-corrected chi connectivity index (χ4v) is 3.43. The molecule has 2 heterocycles. The molecule has 0 saturated carbocycles. The Morgan fingerprint density at radius 2 is 1.87 bits per heavy atom. The summed E-state index contributed by atoms with van der Waals surface area (Å²) in [6.45, 7) is 1.84. The number of anilines is 1. The number of carbonyl (C=O) groups excluding carboxylic acids is 1. The zero-order valence-electron chi connectivity index (χ0n) is 12.2. The normalized spacial score (nSPS) is 10.5. The summed E-state index contributed by atoms with van der Waals surface area (Å²) >= 11 is 1.24. The van der Waals surface area contributed by atoms with Gasteiger partial charge in [0.25, 0.3) is 5.91 Å². The summed E-state index contributed by atoms with van der Waals surface area (Å²) in [7, 11) is 0. The van der Waals surface area contributed by atoms with Crippen molar-refractivity contribution in [2.24, 2.45) is 0 Å². The number of thiophene rings is 1. The van der Waals surface area contributed by atoms with Gasteiger partial charge >= 0.3 is 5.97 Å². The highest BCUT2D eigenvalue weighted by Crippen LogP contribution is 2.40. The standard InChI is InChI=1S/C17H13NO4S/c1-10-13(11-6-3-2-4-7-11)14(17(20)21)16(23-10)18-15(19)12-8-5-9-22-12/h2-9H,1H3,(H,18,19)(H,20,21). The Hall–Kier alpha value is -2.86. The molecule has 0 aliphatic carbocycles. The summed E-state index contributed by atoms with van der Waals surface area (Å²) in [5.74, 6) is -1.42. The van der Waals surface area contributed by atoms with Gasteiger partial charge in [-0.3, -0.25) is 4.79 Å². The fourth-order valence-electron chi connectivity index (χ4n) is 2.36. The molecule has 2 N–H and O–H groups in total. The number of furan rings is 1. The van der Waals surface area contributed by atoms with Gasteiger partial charge in [-0.15, -0.1) is 11.3 Å². The molecule has 0 unspecified atom stereocenters. The Kier molecular flexibility index (Phi) is 3.99. The molecule has 1 amide bonds. The maximum absolute atomic E-state index is 12.1. The molecule has 3 rings (SSSR count). The topological polar surface area (TPSA) is 79.5 Å². The molecule has 23 heavy (non-hydrogen) atoms. The van der Waals surface area contributed by atoms with Gasteiger partial charge in [0.05, 0.1) is 6.26 Å². The molecular formula is C17H13NO4S. The van der Waals surface area contributed by atoms with E-state index in [-0.39, 0.29) is 11.3 Å². The third kappa shape index (κ3) is 2.89. The van der Waals surface area contributed by atoms with Gasteiger partial charge in [0.15, 0.2) is 5.76 Å². The van der Waals surface area contributed by atoms with E-state index in [9.17, 15) is 14.7 Å². The molecule has 3 aromatic rings. The Morgan fingerprint density at radius 1 is 1.13 bits per heavy atom. The average molecular weight is 327 g/mol. The van der Waals surface area contributed by atoms with Gasteiger partial charge in [-0.1, -0.05) is 30.3 Å². The van der Waals surface area contributed by atoms with Gasteiger partial charge in [0, 0.05) is 10.4 Å². The largest absolute Gasteiger partial charge is 0.478 e. The van der Waals surface area contributed by atoms with Crippen molar-refractivity contribution in [2.75, 3.05) is 5.32 Å². The van der Waals surface area contributed by atoms with Crippen LogP contribution in [0, 0.1) is 6.92 Å². The van der Waals surface area contributed by atoms with Crippen LogP contribution >= 0.6 is 11.3 Å². The van der Waals surface area contributed by atoms with Crippen molar-refractivity contribution < 1.29 is 19.1 Å². The molecule has 2 aromatic heterocycles. The quantitative estimate of drug-likeness (QED) is 0.750. The van der Waals surface area contributed by atoms with E-state index in [0.717, 1.165) is 10.4 Å². The van der Waals surface area contributed by atoms with Gasteiger partial charge in [-0.2, -0.15) is 0 Å². The van der Waals surface area contributed by atoms with E-state index in [2.05, 4.69) is 5.32 Å². The van der Waals surface area contributed by atoms with Gasteiger partial charge in [0.2, 0.25) is 0 Å². The smallest absolute Gasteiger partial charge is 0.339 e. The first-order valence-corrected chi connectivity index (χ1v) is 7.66. The first-order chi connectivity index (χ1) is 11.1. The lowest BCUT2D eigenvalue weighted by molar-refractivity contribution is 0.0699. The van der Waals surface area contributed by atoms with Gasteiger partial charge in [-0.05, 0) is 24.6 Å². The molecule has 5 nitrogen and oxygen atoms in total. The van der Waals surface area contributed by atoms with Crippen LogP contribution < -0.4 is 5.32 Å². The van der Waals surface area contributed by atoms with Crippen LogP contribution in [0.3, 0.4) is 0 Å². The molecule has 1 aromatic carbocycles. The summed E-state index contributed by atoms with van der Waals surface area (Å²) in [6, 6.07) is 12.4. The molecule has 0 radical (unpaired) electrons. The molecular weight excluding hydrogens is 314 g/mol. The van der Waals surface area contributed by atoms with Crippen LogP contribution in [0.15, 0.2) is 53.1 Å². The van der Waals surface area contributed by atoms with Gasteiger partial charge in [0.1, 0.15) is 10.6 Å². The second-order valence-corrected chi connectivity index (χ2v) is 6.06. The number of carbonyl (C=O) groups is 2. The maximum Gasteiger partial charge on any atom is 0.339 e. The molecule has 0 bridgehead atoms. The predicted molar refractivity (Wildman–Crippen MR) is 88.1 cm³/mol. The molecule has 0 fully saturated rings. The van der Waals surface area contributed by atoms with Crippen LogP contribution in [0.25, 0.3) is 11.1 Å². The Balaban J connectivity index is 2.05. The summed E-state index contributed by atoms with van der Waals surface area (Å²) in [4.78, 5) is 24.7. The van der Waals surface area contributed by atoms with Crippen molar-refractivity contribution >= 4 is 28.2 Å². The number of carboxylic acids is 1. The average Bonchev–Trinajstić information content (AvgIpc) is 3.16. The first-order valence-electron chi connectivity index (χ1n) is 6.85. The van der Waals surface area contributed by atoms with Gasteiger partial charge < -0.3 is 14.8 Å². The van der Waals surface area contributed by atoms with Crippen molar-refractivity contribution in [1.29, 1.82) is 0 Å². The lowest BCUT2D eigenvalue weighted by Crippen LogP contribution is -2.12. The van der Waals surface area contributed by atoms with Crippen LogP contribution in [-0.2, 0) is 0 Å². The number of hydrogen-bond donors (Lipinski definition) is 2. The van der Waals surface area contributed by atoms with Crippen molar-refractivity contribution in [3.63, 3.8) is 0 Å². The predicted octanol–water partition coefficient (Wildman–Crippen LogP) is 4.27. The van der Waals surface area contributed by atoms with Crippen LogP contribution in [-0.4, -0.2) is 17.0 Å². The molecule has 116 valence electrons. The fraction of sp³-hybridized carbons (Fsp3) is 0.0588. The molecule has 0 spiro atoms. The third-order valence-corrected chi connectivity index (χ3v) is 4.35. The lowest BCUT2D eigenvalue weighted by Gasteiger charge is -2.05. The number of hydrogen-bond acceptors (Lipinski definition) is 4. The second kappa shape index (κ2) is 6.10. The van der Waals surface area contributed by atoms with Crippen molar-refractivity contribution in [3.05, 3.63) is 64.9 Å². The highest BCUT2D eigenvalue weighted by atomic mass is 32.1. The Bertz CT molecular complexity index is 850. The van der Waals surface area contributed by atoms with E-state index in [4.69, 9.17) is 4.42 Å². The minimum absolute atomic E-state index is 0.0959. The summed E-state index contributed by atoms with van der Waals surface area (Å²) in [6.07, 6.45) is 1.39. The van der Waals surface area contributed by atoms with Crippen molar-refractivity contribution in [2.45, 2.75) is 6.92 Å². The number of benzene rings is 1. The van der Waals surface area contributed by atoms with E-state index in [0.29, 0.717) is 10.6 Å². The minimum Gasteiger partial charge on any atom is -0.478 e. The summed E-state index contributed by atoms with van der Waals surface area (Å²) in [5, 5.41) is 12.5. The minimum atomic E-state index is -1.08. The van der Waals surface area contributed by atoms with Crippen LogP contribution in [0.1, 0.15) is 25.8 Å². The van der Waals surface area contributed by atoms with Crippen LogP contribution in [0.5, 0.6) is 0 Å². The third-order valence-electron chi connectivity index (χ3n) is 3.33. The summed E-state index contributed by atoms with van der Waals surface area (Å²) in [5.41, 5.74) is 1.52. The van der Waals surface area contributed by atoms with Crippen molar-refractivity contribution in [3.8, 4) is 11.1 Å². The van der Waals surface area contributed by atoms with E-state index in [1.165, 1.54) is 23.7 Å². The number of aromatic carboxylic acids is 1. The molecule has 0 atom stereocenters. The molecule has 6 heteroatoms. The first kappa shape index (κ1) is 15.1. The maximum atomic E-state index is 12.1.